The predicted octanol–water partition coefficient (Wildman–Crippen LogP) is 4.81. The van der Waals surface area contributed by atoms with Gasteiger partial charge < -0.3 is 10.6 Å². The van der Waals surface area contributed by atoms with Crippen molar-refractivity contribution in [3.63, 3.8) is 0 Å². The van der Waals surface area contributed by atoms with Crippen molar-refractivity contribution < 1.29 is 0 Å². The summed E-state index contributed by atoms with van der Waals surface area (Å²) < 4.78 is 0. The van der Waals surface area contributed by atoms with Gasteiger partial charge in [0.15, 0.2) is 0 Å². The number of aromatic nitrogens is 1. The molecule has 0 amide bonds. The van der Waals surface area contributed by atoms with Gasteiger partial charge in [0.05, 0.1) is 10.0 Å². The summed E-state index contributed by atoms with van der Waals surface area (Å²) in [5.74, 6) is 3.19. The highest BCUT2D eigenvalue weighted by Gasteiger charge is 2.39. The molecule has 0 radical (unpaired) electrons. The fourth-order valence-corrected chi connectivity index (χ4v) is 4.01. The van der Waals surface area contributed by atoms with E-state index in [1.807, 2.05) is 0 Å². The minimum Gasteiger partial charge on any atom is -0.369 e. The van der Waals surface area contributed by atoms with E-state index in [9.17, 15) is 0 Å². The molecule has 2 aliphatic rings. The second kappa shape index (κ2) is 5.98. The van der Waals surface area contributed by atoms with Crippen LogP contribution in [0.25, 0.3) is 0 Å². The Hall–Kier alpha value is -0.670. The van der Waals surface area contributed by atoms with Gasteiger partial charge in [-0.05, 0) is 43.6 Å². The summed E-state index contributed by atoms with van der Waals surface area (Å²) in [6.45, 7) is 2.98. The molecule has 2 saturated carbocycles. The molecule has 2 fully saturated rings. The molecule has 0 saturated heterocycles. The largest absolute Gasteiger partial charge is 0.369 e. The molecule has 1 heterocycles. The summed E-state index contributed by atoms with van der Waals surface area (Å²) in [5, 5.41) is 7.99. The smallest absolute Gasteiger partial charge is 0.147 e. The van der Waals surface area contributed by atoms with E-state index in [4.69, 9.17) is 23.2 Å². The monoisotopic (exact) mass is 313 g/mol. The highest BCUT2D eigenvalue weighted by molar-refractivity contribution is 6.37. The van der Waals surface area contributed by atoms with Gasteiger partial charge in [0, 0.05) is 12.6 Å². The third kappa shape index (κ3) is 2.84. The number of fused-ring (bicyclic) bond motifs is 2. The lowest BCUT2D eigenvalue weighted by molar-refractivity contribution is 0.439. The highest BCUT2D eigenvalue weighted by atomic mass is 35.5. The lowest BCUT2D eigenvalue weighted by atomic mass is 9.95. The first-order valence-corrected chi connectivity index (χ1v) is 8.29. The van der Waals surface area contributed by atoms with Crippen molar-refractivity contribution in [2.24, 2.45) is 11.8 Å². The molecule has 0 aliphatic heterocycles. The maximum Gasteiger partial charge on any atom is 0.147 e. The number of hydrogen-bond donors (Lipinski definition) is 2. The van der Waals surface area contributed by atoms with Gasteiger partial charge in [0.2, 0.25) is 0 Å². The molecule has 5 heteroatoms. The molecular formula is C15H21Cl2N3. The number of rotatable bonds is 5. The minimum absolute atomic E-state index is 0.527. The van der Waals surface area contributed by atoms with E-state index in [0.29, 0.717) is 16.1 Å². The summed E-state index contributed by atoms with van der Waals surface area (Å²) in [6.07, 6.45) is 6.39. The molecule has 0 spiro atoms. The Labute approximate surface area is 130 Å². The second-order valence-corrected chi connectivity index (χ2v) is 6.82. The molecule has 20 heavy (non-hydrogen) atoms. The van der Waals surface area contributed by atoms with Gasteiger partial charge in [-0.25, -0.2) is 4.98 Å². The van der Waals surface area contributed by atoms with Crippen LogP contribution in [-0.4, -0.2) is 17.6 Å². The summed E-state index contributed by atoms with van der Waals surface area (Å²) in [4.78, 5) is 4.57. The Kier molecular flexibility index (Phi) is 4.27. The van der Waals surface area contributed by atoms with Gasteiger partial charge >= 0.3 is 0 Å². The Balaban J connectivity index is 1.74. The van der Waals surface area contributed by atoms with Crippen LogP contribution in [0.3, 0.4) is 0 Å². The van der Waals surface area contributed by atoms with E-state index in [2.05, 4.69) is 22.5 Å². The van der Waals surface area contributed by atoms with Gasteiger partial charge in [-0.2, -0.15) is 0 Å². The number of pyridine rings is 1. The van der Waals surface area contributed by atoms with Crippen molar-refractivity contribution >= 4 is 34.8 Å². The molecule has 1 aromatic heterocycles. The molecule has 3 atom stereocenters. The van der Waals surface area contributed by atoms with Gasteiger partial charge in [-0.15, -0.1) is 0 Å². The van der Waals surface area contributed by atoms with Crippen LogP contribution in [0.2, 0.25) is 10.0 Å². The normalized spacial score (nSPS) is 27.9. The van der Waals surface area contributed by atoms with Crippen LogP contribution < -0.4 is 10.6 Å². The zero-order valence-electron chi connectivity index (χ0n) is 11.8. The average Bonchev–Trinajstić information content (AvgIpc) is 3.03. The lowest BCUT2D eigenvalue weighted by Crippen LogP contribution is -2.26. The standard InChI is InChI=1S/C15H21Cl2N3/c1-2-5-18-14-11(16)8-12(17)15(20-14)19-13-7-9-3-4-10(13)6-9/h8-10,13H,2-7H2,1H3,(H2,18,19,20). The summed E-state index contributed by atoms with van der Waals surface area (Å²) in [5.41, 5.74) is 0. The van der Waals surface area contributed by atoms with Crippen molar-refractivity contribution in [2.75, 3.05) is 17.2 Å². The van der Waals surface area contributed by atoms with Crippen LogP contribution in [0.4, 0.5) is 11.6 Å². The van der Waals surface area contributed by atoms with Crippen LogP contribution in [-0.2, 0) is 0 Å². The maximum atomic E-state index is 6.28. The van der Waals surface area contributed by atoms with Gasteiger partial charge in [0.1, 0.15) is 11.6 Å². The SMILES string of the molecule is CCCNc1nc(NC2CC3CCC2C3)c(Cl)cc1Cl. The molecule has 1 aromatic rings. The van der Waals surface area contributed by atoms with Crippen molar-refractivity contribution in [2.45, 2.75) is 45.1 Å². The van der Waals surface area contributed by atoms with E-state index < -0.39 is 0 Å². The molecule has 3 rings (SSSR count). The second-order valence-electron chi connectivity index (χ2n) is 6.00. The molecule has 110 valence electrons. The van der Waals surface area contributed by atoms with E-state index >= 15 is 0 Å². The maximum absolute atomic E-state index is 6.28. The van der Waals surface area contributed by atoms with E-state index in [1.54, 1.807) is 6.07 Å². The fraction of sp³-hybridized carbons (Fsp3) is 0.667. The van der Waals surface area contributed by atoms with Gasteiger partial charge in [-0.3, -0.25) is 0 Å². The van der Waals surface area contributed by atoms with E-state index in [0.717, 1.165) is 36.4 Å². The van der Waals surface area contributed by atoms with Crippen LogP contribution in [0, 0.1) is 11.8 Å². The Bertz CT molecular complexity index is 492. The van der Waals surface area contributed by atoms with Crippen LogP contribution in [0.15, 0.2) is 6.07 Å². The summed E-state index contributed by atoms with van der Waals surface area (Å²) in [6, 6.07) is 2.31. The minimum atomic E-state index is 0.527. The third-order valence-electron chi connectivity index (χ3n) is 4.53. The first-order chi connectivity index (χ1) is 9.67. The molecule has 2 bridgehead atoms. The Morgan fingerprint density at radius 1 is 1.20 bits per heavy atom. The first kappa shape index (κ1) is 14.3. The van der Waals surface area contributed by atoms with Crippen LogP contribution >= 0.6 is 23.2 Å². The number of nitrogens with one attached hydrogen (secondary N) is 2. The van der Waals surface area contributed by atoms with Crippen molar-refractivity contribution in [3.8, 4) is 0 Å². The predicted molar refractivity (Wildman–Crippen MR) is 85.9 cm³/mol. The average molecular weight is 314 g/mol. The van der Waals surface area contributed by atoms with Crippen molar-refractivity contribution in [1.82, 2.24) is 4.98 Å². The molecule has 2 aliphatic carbocycles. The third-order valence-corrected chi connectivity index (χ3v) is 5.11. The Morgan fingerprint density at radius 2 is 2.00 bits per heavy atom. The van der Waals surface area contributed by atoms with Crippen LogP contribution in [0.1, 0.15) is 39.0 Å². The van der Waals surface area contributed by atoms with E-state index in [1.165, 1.54) is 25.7 Å². The zero-order valence-corrected chi connectivity index (χ0v) is 13.3. The number of halogens is 2. The molecule has 2 N–H and O–H groups in total. The number of nitrogens with zero attached hydrogens (tertiary/aromatic N) is 1. The first-order valence-electron chi connectivity index (χ1n) is 7.53. The summed E-state index contributed by atoms with van der Waals surface area (Å²) in [7, 11) is 0. The molecule has 3 unspecified atom stereocenters. The Morgan fingerprint density at radius 3 is 2.65 bits per heavy atom. The van der Waals surface area contributed by atoms with Crippen LogP contribution in [0.5, 0.6) is 0 Å². The van der Waals surface area contributed by atoms with E-state index in [-0.39, 0.29) is 0 Å². The van der Waals surface area contributed by atoms with Crippen molar-refractivity contribution in [1.29, 1.82) is 0 Å². The topological polar surface area (TPSA) is 37.0 Å². The quantitative estimate of drug-likeness (QED) is 0.819. The highest BCUT2D eigenvalue weighted by Crippen LogP contribution is 2.46. The lowest BCUT2D eigenvalue weighted by Gasteiger charge is -2.24. The van der Waals surface area contributed by atoms with Gasteiger partial charge in [-0.1, -0.05) is 36.5 Å². The number of hydrogen-bond acceptors (Lipinski definition) is 3. The molecule has 3 nitrogen and oxygen atoms in total. The fourth-order valence-electron chi connectivity index (χ4n) is 3.53. The number of anilines is 2. The van der Waals surface area contributed by atoms with Gasteiger partial charge in [0.25, 0.3) is 0 Å². The molecular weight excluding hydrogens is 293 g/mol. The zero-order chi connectivity index (χ0) is 14.1. The summed E-state index contributed by atoms with van der Waals surface area (Å²) >= 11 is 12.5. The van der Waals surface area contributed by atoms with Crippen molar-refractivity contribution in [3.05, 3.63) is 16.1 Å². The molecule has 0 aromatic carbocycles.